The quantitative estimate of drug-likeness (QED) is 0.618. The molecule has 0 saturated carbocycles. The molecule has 2 atom stereocenters. The summed E-state index contributed by atoms with van der Waals surface area (Å²) in [5.74, 6) is -1.45. The lowest BCUT2D eigenvalue weighted by molar-refractivity contribution is -0.158. The highest BCUT2D eigenvalue weighted by molar-refractivity contribution is 5.84. The lowest BCUT2D eigenvalue weighted by atomic mass is 9.98. The highest BCUT2D eigenvalue weighted by Crippen LogP contribution is 2.44. The summed E-state index contributed by atoms with van der Waals surface area (Å²) in [6, 6.07) is 14.8. The minimum atomic E-state index is -1.09. The third-order valence-corrected chi connectivity index (χ3v) is 6.46. The normalized spacial score (nSPS) is 18.0. The molecule has 1 aliphatic heterocycles. The summed E-state index contributed by atoms with van der Waals surface area (Å²) < 4.78 is 10.8. The molecule has 180 valence electrons. The number of alkyl carbamates (subject to hydrolysis) is 1. The van der Waals surface area contributed by atoms with Gasteiger partial charge in [0.1, 0.15) is 6.61 Å². The molecule has 0 bridgehead atoms. The van der Waals surface area contributed by atoms with E-state index >= 15 is 0 Å². The number of benzene rings is 2. The third-order valence-electron chi connectivity index (χ3n) is 6.46. The maximum Gasteiger partial charge on any atom is 0.407 e. The summed E-state index contributed by atoms with van der Waals surface area (Å²) >= 11 is 0. The van der Waals surface area contributed by atoms with Gasteiger partial charge in [0.05, 0.1) is 13.2 Å². The minimum absolute atomic E-state index is 0.0157. The Labute approximate surface area is 198 Å². The maximum absolute atomic E-state index is 12.8. The van der Waals surface area contributed by atoms with Gasteiger partial charge in [0.2, 0.25) is 5.91 Å². The Morgan fingerprint density at radius 2 is 1.76 bits per heavy atom. The number of rotatable bonds is 8. The molecule has 2 amide bonds. The predicted octanol–water partition coefficient (Wildman–Crippen LogP) is 3.40. The number of nitrogens with one attached hydrogen (secondary N) is 1. The largest absolute Gasteiger partial charge is 0.480 e. The maximum atomic E-state index is 12.8. The fraction of sp³-hybridized carbons (Fsp3) is 0.423. The van der Waals surface area contributed by atoms with Crippen molar-refractivity contribution in [2.45, 2.75) is 44.2 Å². The predicted molar refractivity (Wildman–Crippen MR) is 125 cm³/mol. The Balaban J connectivity index is 1.37. The summed E-state index contributed by atoms with van der Waals surface area (Å²) in [5, 5.41) is 12.2. The van der Waals surface area contributed by atoms with E-state index in [1.54, 1.807) is 0 Å². The smallest absolute Gasteiger partial charge is 0.407 e. The van der Waals surface area contributed by atoms with Crippen molar-refractivity contribution >= 4 is 18.0 Å². The van der Waals surface area contributed by atoms with Crippen LogP contribution in [0.5, 0.6) is 0 Å². The van der Waals surface area contributed by atoms with Crippen molar-refractivity contribution in [2.75, 3.05) is 26.4 Å². The first-order chi connectivity index (χ1) is 16.5. The second-order valence-corrected chi connectivity index (χ2v) is 8.68. The first-order valence-electron chi connectivity index (χ1n) is 11.7. The molecule has 2 N–H and O–H groups in total. The number of amides is 2. The van der Waals surface area contributed by atoms with E-state index in [2.05, 4.69) is 29.6 Å². The number of carbonyl (C=O) groups is 3. The highest BCUT2D eigenvalue weighted by Gasteiger charge is 2.34. The topological polar surface area (TPSA) is 105 Å². The average Bonchev–Trinajstić information content (AvgIpc) is 3.16. The molecule has 0 spiro atoms. The summed E-state index contributed by atoms with van der Waals surface area (Å²) in [5.41, 5.74) is 4.56. The Morgan fingerprint density at radius 1 is 1.12 bits per heavy atom. The lowest BCUT2D eigenvalue weighted by Gasteiger charge is -2.34. The van der Waals surface area contributed by atoms with Crippen molar-refractivity contribution < 1.29 is 29.0 Å². The lowest BCUT2D eigenvalue weighted by Crippen LogP contribution is -2.53. The summed E-state index contributed by atoms with van der Waals surface area (Å²) in [4.78, 5) is 38.3. The molecule has 1 heterocycles. The molecule has 1 aliphatic carbocycles. The van der Waals surface area contributed by atoms with E-state index in [0.717, 1.165) is 28.7 Å². The molecular formula is C26H30N2O6. The number of carbonyl (C=O) groups excluding carboxylic acids is 2. The van der Waals surface area contributed by atoms with Crippen LogP contribution in [0.1, 0.15) is 43.2 Å². The summed E-state index contributed by atoms with van der Waals surface area (Å²) in [7, 11) is 0. The molecular weight excluding hydrogens is 436 g/mol. The van der Waals surface area contributed by atoms with Gasteiger partial charge in [-0.1, -0.05) is 61.9 Å². The second kappa shape index (κ2) is 10.7. The molecule has 2 aliphatic rings. The standard InChI is InChI=1S/C26H30N2O6/c1-2-7-17(14-24(29)28-12-13-33-16-23(28)25(30)31)27-26(32)34-15-22-20-10-5-3-8-18(20)19-9-4-6-11-21(19)22/h3-6,8-11,17,22-23H,2,7,12-16H2,1H3,(H,27,32)(H,30,31). The van der Waals surface area contributed by atoms with E-state index in [1.165, 1.54) is 4.90 Å². The number of hydrogen-bond donors (Lipinski definition) is 2. The van der Waals surface area contributed by atoms with Crippen LogP contribution in [0.3, 0.4) is 0 Å². The Kier molecular flexibility index (Phi) is 7.47. The monoisotopic (exact) mass is 466 g/mol. The van der Waals surface area contributed by atoms with Crippen LogP contribution in [-0.2, 0) is 19.1 Å². The van der Waals surface area contributed by atoms with Crippen LogP contribution in [0.2, 0.25) is 0 Å². The van der Waals surface area contributed by atoms with Crippen LogP contribution in [0.25, 0.3) is 11.1 Å². The zero-order chi connectivity index (χ0) is 24.1. The highest BCUT2D eigenvalue weighted by atomic mass is 16.5. The van der Waals surface area contributed by atoms with Crippen LogP contribution >= 0.6 is 0 Å². The molecule has 0 radical (unpaired) electrons. The number of carboxylic acids is 1. The molecule has 4 rings (SSSR count). The second-order valence-electron chi connectivity index (χ2n) is 8.68. The van der Waals surface area contributed by atoms with Gasteiger partial charge in [-0.3, -0.25) is 4.79 Å². The van der Waals surface area contributed by atoms with E-state index < -0.39 is 24.1 Å². The van der Waals surface area contributed by atoms with Gasteiger partial charge in [-0.15, -0.1) is 0 Å². The van der Waals surface area contributed by atoms with Gasteiger partial charge in [0.15, 0.2) is 6.04 Å². The third kappa shape index (κ3) is 5.07. The van der Waals surface area contributed by atoms with Crippen LogP contribution in [-0.4, -0.2) is 66.4 Å². The van der Waals surface area contributed by atoms with Gasteiger partial charge in [-0.2, -0.15) is 0 Å². The molecule has 1 saturated heterocycles. The Hall–Kier alpha value is -3.39. The van der Waals surface area contributed by atoms with Crippen LogP contribution in [0.4, 0.5) is 4.79 Å². The zero-order valence-electron chi connectivity index (χ0n) is 19.2. The van der Waals surface area contributed by atoms with Gasteiger partial charge in [-0.25, -0.2) is 9.59 Å². The van der Waals surface area contributed by atoms with Crippen molar-refractivity contribution in [3.05, 3.63) is 59.7 Å². The number of hydrogen-bond acceptors (Lipinski definition) is 5. The first-order valence-corrected chi connectivity index (χ1v) is 11.7. The fourth-order valence-corrected chi connectivity index (χ4v) is 4.82. The van der Waals surface area contributed by atoms with Gasteiger partial charge in [0.25, 0.3) is 0 Å². The van der Waals surface area contributed by atoms with Crippen LogP contribution in [0, 0.1) is 0 Å². The van der Waals surface area contributed by atoms with E-state index in [9.17, 15) is 19.5 Å². The van der Waals surface area contributed by atoms with Gasteiger partial charge < -0.3 is 24.8 Å². The van der Waals surface area contributed by atoms with Crippen LogP contribution < -0.4 is 5.32 Å². The minimum Gasteiger partial charge on any atom is -0.480 e. The number of morpholine rings is 1. The molecule has 2 aromatic rings. The first kappa shape index (κ1) is 23.8. The number of fused-ring (bicyclic) bond motifs is 3. The van der Waals surface area contributed by atoms with E-state index in [1.807, 2.05) is 31.2 Å². The van der Waals surface area contributed by atoms with Crippen LogP contribution in [0.15, 0.2) is 48.5 Å². The van der Waals surface area contributed by atoms with Crippen molar-refractivity contribution in [1.29, 1.82) is 0 Å². The number of nitrogens with zero attached hydrogens (tertiary/aromatic N) is 1. The summed E-state index contributed by atoms with van der Waals surface area (Å²) in [6.45, 7) is 2.65. The molecule has 2 unspecified atom stereocenters. The molecule has 8 heteroatoms. The van der Waals surface area contributed by atoms with Gasteiger partial charge in [-0.05, 0) is 28.7 Å². The van der Waals surface area contributed by atoms with Crippen molar-refractivity contribution in [3.63, 3.8) is 0 Å². The molecule has 0 aromatic heterocycles. The Morgan fingerprint density at radius 3 is 2.38 bits per heavy atom. The van der Waals surface area contributed by atoms with E-state index in [0.29, 0.717) is 13.0 Å². The molecule has 1 fully saturated rings. The molecule has 34 heavy (non-hydrogen) atoms. The summed E-state index contributed by atoms with van der Waals surface area (Å²) in [6.07, 6.45) is 0.775. The van der Waals surface area contributed by atoms with Gasteiger partial charge >= 0.3 is 12.1 Å². The Bertz CT molecular complexity index is 1010. The van der Waals surface area contributed by atoms with Gasteiger partial charge in [0, 0.05) is 24.9 Å². The number of aliphatic carboxylic acids is 1. The zero-order valence-corrected chi connectivity index (χ0v) is 19.2. The molecule has 8 nitrogen and oxygen atoms in total. The van der Waals surface area contributed by atoms with Crippen molar-refractivity contribution in [3.8, 4) is 11.1 Å². The van der Waals surface area contributed by atoms with E-state index in [-0.39, 0.29) is 38.0 Å². The fourth-order valence-electron chi connectivity index (χ4n) is 4.82. The molecule has 2 aromatic carbocycles. The van der Waals surface area contributed by atoms with Crippen molar-refractivity contribution in [1.82, 2.24) is 10.2 Å². The number of ether oxygens (including phenoxy) is 2. The number of carboxylic acid groups (broad SMARTS) is 1. The van der Waals surface area contributed by atoms with E-state index in [4.69, 9.17) is 9.47 Å². The van der Waals surface area contributed by atoms with Crippen molar-refractivity contribution in [2.24, 2.45) is 0 Å². The average molecular weight is 467 g/mol. The SMILES string of the molecule is CCCC(CC(=O)N1CCOCC1C(=O)O)NC(=O)OCC1c2ccccc2-c2ccccc21.